The van der Waals surface area contributed by atoms with Crippen molar-refractivity contribution in [1.82, 2.24) is 20.1 Å². The molecule has 0 radical (unpaired) electrons. The SMILES string of the molecule is CC1CCN(c2nnc(SCC(=O)NC(C)c3ccc(S(N)(=O)=O)cc3)n2C2CC2)CC1. The van der Waals surface area contributed by atoms with E-state index in [0.29, 0.717) is 6.04 Å². The maximum Gasteiger partial charge on any atom is 0.238 e. The highest BCUT2D eigenvalue weighted by molar-refractivity contribution is 7.99. The average molecular weight is 479 g/mol. The van der Waals surface area contributed by atoms with Crippen molar-refractivity contribution in [3.63, 3.8) is 0 Å². The molecule has 3 N–H and O–H groups in total. The molecule has 0 spiro atoms. The maximum absolute atomic E-state index is 12.6. The molecule has 4 rings (SSSR count). The van der Waals surface area contributed by atoms with Crippen molar-refractivity contribution in [3.05, 3.63) is 29.8 Å². The summed E-state index contributed by atoms with van der Waals surface area (Å²) in [5, 5.41) is 17.8. The van der Waals surface area contributed by atoms with Gasteiger partial charge in [-0.2, -0.15) is 0 Å². The van der Waals surface area contributed by atoms with Crippen LogP contribution in [0.15, 0.2) is 34.3 Å². The van der Waals surface area contributed by atoms with Gasteiger partial charge in [-0.3, -0.25) is 9.36 Å². The van der Waals surface area contributed by atoms with Crippen LogP contribution in [0.25, 0.3) is 0 Å². The number of hydrogen-bond donors (Lipinski definition) is 2. The number of piperidine rings is 1. The zero-order chi connectivity index (χ0) is 22.9. The van der Waals surface area contributed by atoms with Gasteiger partial charge >= 0.3 is 0 Å². The second-order valence-electron chi connectivity index (χ2n) is 8.75. The van der Waals surface area contributed by atoms with Gasteiger partial charge in [-0.25, -0.2) is 13.6 Å². The van der Waals surface area contributed by atoms with Crippen LogP contribution in [0.4, 0.5) is 5.95 Å². The van der Waals surface area contributed by atoms with Crippen LogP contribution in [0.1, 0.15) is 57.2 Å². The quantitative estimate of drug-likeness (QED) is 0.559. The second-order valence-corrected chi connectivity index (χ2v) is 11.2. The van der Waals surface area contributed by atoms with Crippen molar-refractivity contribution in [3.8, 4) is 0 Å². The lowest BCUT2D eigenvalue weighted by atomic mass is 10.00. The molecule has 1 amide bonds. The third-order valence-corrected chi connectivity index (χ3v) is 7.92. The number of hydrogen-bond acceptors (Lipinski definition) is 7. The first-order chi connectivity index (χ1) is 15.2. The Kier molecular flexibility index (Phi) is 6.78. The lowest BCUT2D eigenvalue weighted by Crippen LogP contribution is -2.34. The summed E-state index contributed by atoms with van der Waals surface area (Å²) in [6.07, 6.45) is 4.58. The van der Waals surface area contributed by atoms with Gasteiger partial charge in [-0.1, -0.05) is 30.8 Å². The van der Waals surface area contributed by atoms with E-state index < -0.39 is 10.0 Å². The van der Waals surface area contributed by atoms with E-state index in [2.05, 4.69) is 31.9 Å². The van der Waals surface area contributed by atoms with Gasteiger partial charge in [0.2, 0.25) is 21.9 Å². The molecule has 1 unspecified atom stereocenters. The van der Waals surface area contributed by atoms with E-state index in [-0.39, 0.29) is 22.6 Å². The van der Waals surface area contributed by atoms with Gasteiger partial charge in [0.1, 0.15) is 0 Å². The Morgan fingerprint density at radius 2 is 1.84 bits per heavy atom. The zero-order valence-corrected chi connectivity index (χ0v) is 20.0. The average Bonchev–Trinajstić information content (AvgIpc) is 3.51. The molecule has 2 aromatic rings. The molecule has 2 fully saturated rings. The second kappa shape index (κ2) is 9.40. The molecule has 1 atom stereocenters. The minimum atomic E-state index is -3.73. The normalized spacial score (nSPS) is 18.5. The van der Waals surface area contributed by atoms with Gasteiger partial charge in [0.15, 0.2) is 5.16 Å². The van der Waals surface area contributed by atoms with Crippen molar-refractivity contribution in [2.24, 2.45) is 11.1 Å². The first-order valence-electron chi connectivity index (χ1n) is 11.0. The number of carbonyl (C=O) groups is 1. The third-order valence-electron chi connectivity index (χ3n) is 6.04. The van der Waals surface area contributed by atoms with Crippen LogP contribution < -0.4 is 15.4 Å². The number of nitrogens with two attached hydrogens (primary N) is 1. The Labute approximate surface area is 193 Å². The summed E-state index contributed by atoms with van der Waals surface area (Å²) in [6, 6.07) is 6.39. The van der Waals surface area contributed by atoms with Crippen LogP contribution in [-0.2, 0) is 14.8 Å². The van der Waals surface area contributed by atoms with Crippen molar-refractivity contribution in [1.29, 1.82) is 0 Å². The molecule has 1 aliphatic carbocycles. The Hall–Kier alpha value is -2.11. The van der Waals surface area contributed by atoms with Crippen LogP contribution >= 0.6 is 11.8 Å². The number of nitrogens with zero attached hydrogens (tertiary/aromatic N) is 4. The molecule has 2 heterocycles. The van der Waals surface area contributed by atoms with Crippen LogP contribution in [0.3, 0.4) is 0 Å². The molecule has 0 bridgehead atoms. The summed E-state index contributed by atoms with van der Waals surface area (Å²) < 4.78 is 25.0. The first-order valence-corrected chi connectivity index (χ1v) is 13.5. The summed E-state index contributed by atoms with van der Waals surface area (Å²) in [4.78, 5) is 14.9. The van der Waals surface area contributed by atoms with Crippen LogP contribution in [0, 0.1) is 5.92 Å². The number of anilines is 1. The molecule has 9 nitrogen and oxygen atoms in total. The highest BCUT2D eigenvalue weighted by Gasteiger charge is 2.32. The molecule has 1 aliphatic heterocycles. The van der Waals surface area contributed by atoms with Crippen molar-refractivity contribution < 1.29 is 13.2 Å². The minimum absolute atomic E-state index is 0.0497. The van der Waals surface area contributed by atoms with Gasteiger partial charge in [0.25, 0.3) is 0 Å². The summed E-state index contributed by atoms with van der Waals surface area (Å²) >= 11 is 1.41. The summed E-state index contributed by atoms with van der Waals surface area (Å²) in [5.41, 5.74) is 0.804. The number of amides is 1. The van der Waals surface area contributed by atoms with Crippen LogP contribution in [0.2, 0.25) is 0 Å². The van der Waals surface area contributed by atoms with E-state index in [1.807, 2.05) is 6.92 Å². The van der Waals surface area contributed by atoms with Crippen molar-refractivity contribution >= 4 is 33.6 Å². The molecule has 1 saturated carbocycles. The predicted molar refractivity (Wildman–Crippen MR) is 124 cm³/mol. The van der Waals surface area contributed by atoms with E-state index in [4.69, 9.17) is 5.14 Å². The molecule has 1 aromatic heterocycles. The first kappa shape index (κ1) is 23.1. The van der Waals surface area contributed by atoms with Crippen molar-refractivity contribution in [2.45, 2.75) is 61.7 Å². The topological polar surface area (TPSA) is 123 Å². The Balaban J connectivity index is 1.36. The summed E-state index contributed by atoms with van der Waals surface area (Å²) in [5.74, 6) is 1.81. The zero-order valence-electron chi connectivity index (χ0n) is 18.4. The fourth-order valence-corrected chi connectivity index (χ4v) is 5.21. The number of nitrogens with one attached hydrogen (secondary N) is 1. The molecule has 1 aromatic carbocycles. The fourth-order valence-electron chi connectivity index (χ4n) is 3.89. The van der Waals surface area contributed by atoms with Gasteiger partial charge < -0.3 is 10.2 Å². The van der Waals surface area contributed by atoms with E-state index >= 15 is 0 Å². The Bertz CT molecular complexity index is 1060. The third kappa shape index (κ3) is 5.44. The number of carbonyl (C=O) groups excluding carboxylic acids is 1. The molecule has 32 heavy (non-hydrogen) atoms. The molecule has 1 saturated heterocycles. The predicted octanol–water partition coefficient (Wildman–Crippen LogP) is 2.47. The maximum atomic E-state index is 12.6. The molecular formula is C21H30N6O3S2. The lowest BCUT2D eigenvalue weighted by molar-refractivity contribution is -0.119. The highest BCUT2D eigenvalue weighted by atomic mass is 32.2. The number of sulfonamides is 1. The number of thioether (sulfide) groups is 1. The standard InChI is InChI=1S/C21H30N6O3S2/c1-14-9-11-26(12-10-14)20-24-25-21(27(20)17-5-6-17)31-13-19(28)23-15(2)16-3-7-18(8-4-16)32(22,29)30/h3-4,7-8,14-15,17H,5-6,9-13H2,1-2H3,(H,23,28)(H2,22,29,30). The van der Waals surface area contributed by atoms with E-state index in [9.17, 15) is 13.2 Å². The van der Waals surface area contributed by atoms with Gasteiger partial charge in [-0.15, -0.1) is 10.2 Å². The van der Waals surface area contributed by atoms with Gasteiger partial charge in [0, 0.05) is 19.1 Å². The van der Waals surface area contributed by atoms with E-state index in [1.54, 1.807) is 12.1 Å². The van der Waals surface area contributed by atoms with Gasteiger partial charge in [0.05, 0.1) is 16.7 Å². The minimum Gasteiger partial charge on any atom is -0.349 e. The Morgan fingerprint density at radius 1 is 1.19 bits per heavy atom. The van der Waals surface area contributed by atoms with Crippen LogP contribution in [0.5, 0.6) is 0 Å². The monoisotopic (exact) mass is 478 g/mol. The highest BCUT2D eigenvalue weighted by Crippen LogP contribution is 2.41. The molecular weight excluding hydrogens is 448 g/mol. The van der Waals surface area contributed by atoms with Gasteiger partial charge in [-0.05, 0) is 56.2 Å². The summed E-state index contributed by atoms with van der Waals surface area (Å²) in [6.45, 7) is 6.15. The van der Waals surface area contributed by atoms with Crippen LogP contribution in [-0.4, -0.2) is 47.9 Å². The molecule has 11 heteroatoms. The van der Waals surface area contributed by atoms with Crippen molar-refractivity contribution in [2.75, 3.05) is 23.7 Å². The molecule has 174 valence electrons. The Morgan fingerprint density at radius 3 is 2.44 bits per heavy atom. The number of rotatable bonds is 8. The number of aromatic nitrogens is 3. The summed E-state index contributed by atoms with van der Waals surface area (Å²) in [7, 11) is -3.73. The largest absolute Gasteiger partial charge is 0.349 e. The smallest absolute Gasteiger partial charge is 0.238 e. The fraction of sp³-hybridized carbons (Fsp3) is 0.571. The molecule has 2 aliphatic rings. The van der Waals surface area contributed by atoms with E-state index in [1.165, 1.54) is 36.7 Å². The number of benzene rings is 1. The lowest BCUT2D eigenvalue weighted by Gasteiger charge is -2.31. The van der Waals surface area contributed by atoms with E-state index in [0.717, 1.165) is 48.5 Å². The number of primary sulfonamides is 1.